The van der Waals surface area contributed by atoms with Crippen molar-refractivity contribution in [2.45, 2.75) is 40.2 Å². The number of anilines is 1. The van der Waals surface area contributed by atoms with Crippen LogP contribution in [0.5, 0.6) is 0 Å². The van der Waals surface area contributed by atoms with Crippen LogP contribution >= 0.6 is 11.6 Å². The van der Waals surface area contributed by atoms with Crippen molar-refractivity contribution < 1.29 is 0 Å². The molecule has 0 bridgehead atoms. The van der Waals surface area contributed by atoms with E-state index in [0.29, 0.717) is 5.15 Å². The van der Waals surface area contributed by atoms with Gasteiger partial charge in [-0.05, 0) is 34.6 Å². The SMILES string of the molecule is Cc1nc(Cl)c(N2CCN(C(C)(C)C)CC2)nc1C. The number of hydrogen-bond donors (Lipinski definition) is 0. The number of piperazine rings is 1. The number of aromatic nitrogens is 2. The van der Waals surface area contributed by atoms with Gasteiger partial charge in [-0.25, -0.2) is 9.97 Å². The molecule has 0 saturated carbocycles. The van der Waals surface area contributed by atoms with Crippen LogP contribution in [0.15, 0.2) is 0 Å². The van der Waals surface area contributed by atoms with E-state index in [1.54, 1.807) is 0 Å². The molecule has 0 N–H and O–H groups in total. The molecule has 0 unspecified atom stereocenters. The topological polar surface area (TPSA) is 32.3 Å². The summed E-state index contributed by atoms with van der Waals surface area (Å²) in [5, 5.41) is 0.521. The lowest BCUT2D eigenvalue weighted by atomic mass is 10.1. The van der Waals surface area contributed by atoms with E-state index in [9.17, 15) is 0 Å². The number of nitrogens with zero attached hydrogens (tertiary/aromatic N) is 4. The van der Waals surface area contributed by atoms with Crippen LogP contribution in [-0.2, 0) is 0 Å². The molecule has 0 spiro atoms. The maximum atomic E-state index is 6.23. The van der Waals surface area contributed by atoms with Gasteiger partial charge in [-0.3, -0.25) is 4.90 Å². The molecule has 1 aliphatic rings. The van der Waals surface area contributed by atoms with E-state index in [-0.39, 0.29) is 5.54 Å². The molecule has 2 heterocycles. The Morgan fingerprint density at radius 1 is 0.947 bits per heavy atom. The van der Waals surface area contributed by atoms with Crippen molar-refractivity contribution >= 4 is 17.4 Å². The largest absolute Gasteiger partial charge is 0.351 e. The average Bonchev–Trinajstić information content (AvgIpc) is 2.33. The van der Waals surface area contributed by atoms with Gasteiger partial charge in [0.25, 0.3) is 0 Å². The van der Waals surface area contributed by atoms with E-state index in [4.69, 9.17) is 11.6 Å². The third-order valence-electron chi connectivity index (χ3n) is 3.78. The van der Waals surface area contributed by atoms with Crippen LogP contribution in [0, 0.1) is 13.8 Å². The van der Waals surface area contributed by atoms with Crippen LogP contribution in [0.3, 0.4) is 0 Å². The Bertz CT molecular complexity index is 459. The van der Waals surface area contributed by atoms with Gasteiger partial charge in [0.2, 0.25) is 0 Å². The van der Waals surface area contributed by atoms with Crippen molar-refractivity contribution in [3.63, 3.8) is 0 Å². The predicted octanol–water partition coefficient (Wildman–Crippen LogP) is 2.67. The zero-order chi connectivity index (χ0) is 14.2. The van der Waals surface area contributed by atoms with Crippen molar-refractivity contribution in [1.29, 1.82) is 0 Å². The lowest BCUT2D eigenvalue weighted by Crippen LogP contribution is -2.53. The monoisotopic (exact) mass is 282 g/mol. The lowest BCUT2D eigenvalue weighted by Gasteiger charge is -2.42. The molecule has 1 fully saturated rings. The molecule has 2 rings (SSSR count). The molecule has 1 aromatic heterocycles. The van der Waals surface area contributed by atoms with Gasteiger partial charge < -0.3 is 4.90 Å². The summed E-state index contributed by atoms with van der Waals surface area (Å²) in [4.78, 5) is 13.7. The van der Waals surface area contributed by atoms with Crippen LogP contribution in [-0.4, -0.2) is 46.6 Å². The number of aryl methyl sites for hydroxylation is 2. The van der Waals surface area contributed by atoms with Crippen LogP contribution in [0.1, 0.15) is 32.2 Å². The molecule has 19 heavy (non-hydrogen) atoms. The Morgan fingerprint density at radius 3 is 2.00 bits per heavy atom. The summed E-state index contributed by atoms with van der Waals surface area (Å²) >= 11 is 6.23. The van der Waals surface area contributed by atoms with Crippen LogP contribution in [0.25, 0.3) is 0 Å². The van der Waals surface area contributed by atoms with Crippen LogP contribution in [0.2, 0.25) is 5.15 Å². The van der Waals surface area contributed by atoms with Crippen molar-refractivity contribution in [1.82, 2.24) is 14.9 Å². The third kappa shape index (κ3) is 3.18. The van der Waals surface area contributed by atoms with Gasteiger partial charge in [0.1, 0.15) is 0 Å². The molecule has 1 aliphatic heterocycles. The Kier molecular flexibility index (Phi) is 4.02. The first kappa shape index (κ1) is 14.5. The van der Waals surface area contributed by atoms with Crippen LogP contribution < -0.4 is 4.90 Å². The molecule has 4 nitrogen and oxygen atoms in total. The highest BCUT2D eigenvalue weighted by molar-refractivity contribution is 6.31. The average molecular weight is 283 g/mol. The molecule has 0 atom stereocenters. The van der Waals surface area contributed by atoms with Gasteiger partial charge in [-0.2, -0.15) is 0 Å². The highest BCUT2D eigenvalue weighted by atomic mass is 35.5. The summed E-state index contributed by atoms with van der Waals surface area (Å²) in [5.41, 5.74) is 2.09. The fourth-order valence-electron chi connectivity index (χ4n) is 2.35. The quantitative estimate of drug-likeness (QED) is 0.793. The molecule has 5 heteroatoms. The molecule has 1 aromatic rings. The zero-order valence-electron chi connectivity index (χ0n) is 12.5. The second-order valence-corrected chi connectivity index (χ2v) is 6.51. The minimum absolute atomic E-state index is 0.227. The summed E-state index contributed by atoms with van der Waals surface area (Å²) in [6.07, 6.45) is 0. The van der Waals surface area contributed by atoms with Crippen LogP contribution in [0.4, 0.5) is 5.82 Å². The third-order valence-corrected chi connectivity index (χ3v) is 4.03. The maximum absolute atomic E-state index is 6.23. The molecule has 106 valence electrons. The first-order valence-electron chi connectivity index (χ1n) is 6.80. The van der Waals surface area contributed by atoms with Gasteiger partial charge in [0.05, 0.1) is 11.4 Å². The van der Waals surface area contributed by atoms with E-state index < -0.39 is 0 Å². The lowest BCUT2D eigenvalue weighted by molar-refractivity contribution is 0.128. The van der Waals surface area contributed by atoms with E-state index in [2.05, 4.69) is 40.5 Å². The Hall–Kier alpha value is -0.870. The standard InChI is InChI=1S/C14H23ClN4/c1-10-11(2)17-13(12(15)16-10)18-6-8-19(9-7-18)14(3,4)5/h6-9H2,1-5H3. The minimum atomic E-state index is 0.227. The molecule has 0 aromatic carbocycles. The van der Waals surface area contributed by atoms with Gasteiger partial charge in [-0.1, -0.05) is 11.6 Å². The van der Waals surface area contributed by atoms with Gasteiger partial charge in [0, 0.05) is 31.7 Å². The number of halogens is 1. The van der Waals surface area contributed by atoms with E-state index >= 15 is 0 Å². The predicted molar refractivity (Wildman–Crippen MR) is 80.1 cm³/mol. The zero-order valence-corrected chi connectivity index (χ0v) is 13.3. The van der Waals surface area contributed by atoms with Gasteiger partial charge in [0.15, 0.2) is 11.0 Å². The fourth-order valence-corrected chi connectivity index (χ4v) is 2.64. The highest BCUT2D eigenvalue weighted by Crippen LogP contribution is 2.25. The molecular formula is C14H23ClN4. The molecule has 1 saturated heterocycles. The molecule has 0 aliphatic carbocycles. The smallest absolute Gasteiger partial charge is 0.171 e. The molecule has 0 radical (unpaired) electrons. The second kappa shape index (κ2) is 5.25. The Labute approximate surface area is 120 Å². The van der Waals surface area contributed by atoms with Crippen molar-refractivity contribution in [3.05, 3.63) is 16.5 Å². The molecule has 0 amide bonds. The van der Waals surface area contributed by atoms with E-state index in [1.807, 2.05) is 13.8 Å². The van der Waals surface area contributed by atoms with Crippen molar-refractivity contribution in [2.24, 2.45) is 0 Å². The normalized spacial score (nSPS) is 17.9. The molecular weight excluding hydrogens is 260 g/mol. The van der Waals surface area contributed by atoms with Gasteiger partial charge in [-0.15, -0.1) is 0 Å². The summed E-state index contributed by atoms with van der Waals surface area (Å²) < 4.78 is 0. The Morgan fingerprint density at radius 2 is 1.47 bits per heavy atom. The summed E-state index contributed by atoms with van der Waals surface area (Å²) in [6.45, 7) is 14.7. The first-order valence-corrected chi connectivity index (χ1v) is 7.17. The summed E-state index contributed by atoms with van der Waals surface area (Å²) in [6, 6.07) is 0. The highest BCUT2D eigenvalue weighted by Gasteiger charge is 2.27. The van der Waals surface area contributed by atoms with Crippen molar-refractivity contribution in [3.8, 4) is 0 Å². The van der Waals surface area contributed by atoms with E-state index in [0.717, 1.165) is 43.4 Å². The maximum Gasteiger partial charge on any atom is 0.171 e. The minimum Gasteiger partial charge on any atom is -0.351 e. The number of hydrogen-bond acceptors (Lipinski definition) is 4. The summed E-state index contributed by atoms with van der Waals surface area (Å²) in [7, 11) is 0. The summed E-state index contributed by atoms with van der Waals surface area (Å²) in [5.74, 6) is 0.832. The number of rotatable bonds is 1. The fraction of sp³-hybridized carbons (Fsp3) is 0.714. The van der Waals surface area contributed by atoms with E-state index in [1.165, 1.54) is 0 Å². The van der Waals surface area contributed by atoms with Gasteiger partial charge >= 0.3 is 0 Å². The second-order valence-electron chi connectivity index (χ2n) is 6.15. The Balaban J connectivity index is 2.12. The first-order chi connectivity index (χ1) is 8.79. The van der Waals surface area contributed by atoms with Crippen molar-refractivity contribution in [2.75, 3.05) is 31.1 Å².